The fourth-order valence-corrected chi connectivity index (χ4v) is 2.73. The van der Waals surface area contributed by atoms with Gasteiger partial charge in [-0.25, -0.2) is 9.59 Å². The zero-order valence-electron chi connectivity index (χ0n) is 10.9. The van der Waals surface area contributed by atoms with Crippen LogP contribution in [0.1, 0.15) is 51.9 Å². The summed E-state index contributed by atoms with van der Waals surface area (Å²) in [4.78, 5) is 23.1. The van der Waals surface area contributed by atoms with Gasteiger partial charge in [-0.3, -0.25) is 0 Å². The third-order valence-corrected chi connectivity index (χ3v) is 4.55. The van der Waals surface area contributed by atoms with Crippen LogP contribution in [0.4, 0.5) is 4.79 Å². The number of carboxylic acids is 1. The third kappa shape index (κ3) is 2.60. The van der Waals surface area contributed by atoms with Gasteiger partial charge in [0.1, 0.15) is 5.54 Å². The lowest BCUT2D eigenvalue weighted by Crippen LogP contribution is -2.56. The van der Waals surface area contributed by atoms with Crippen LogP contribution in [0.2, 0.25) is 0 Å². The number of hydrogen-bond acceptors (Lipinski definition) is 2. The number of carboxylic acid groups (broad SMARTS) is 1. The summed E-state index contributed by atoms with van der Waals surface area (Å²) < 4.78 is 0. The summed E-state index contributed by atoms with van der Waals surface area (Å²) in [5, 5.41) is 14.8. The molecule has 0 atom stereocenters. The highest BCUT2D eigenvalue weighted by Crippen LogP contribution is 2.47. The molecule has 18 heavy (non-hydrogen) atoms. The Bertz CT molecular complexity index is 344. The second kappa shape index (κ2) is 4.78. The van der Waals surface area contributed by atoms with E-state index in [1.165, 1.54) is 0 Å². The smallest absolute Gasteiger partial charge is 0.329 e. The van der Waals surface area contributed by atoms with Gasteiger partial charge in [0.05, 0.1) is 0 Å². The molecule has 2 rings (SSSR count). The summed E-state index contributed by atoms with van der Waals surface area (Å²) in [6.07, 6.45) is 6.19. The Kier molecular flexibility index (Phi) is 3.50. The van der Waals surface area contributed by atoms with E-state index in [0.717, 1.165) is 32.1 Å². The summed E-state index contributed by atoms with van der Waals surface area (Å²) in [6.45, 7) is 2.79. The van der Waals surface area contributed by atoms with Crippen molar-refractivity contribution in [3.05, 3.63) is 0 Å². The van der Waals surface area contributed by atoms with E-state index in [0.29, 0.717) is 19.4 Å². The Labute approximate surface area is 107 Å². The Balaban J connectivity index is 1.84. The molecule has 2 saturated carbocycles. The maximum absolute atomic E-state index is 11.8. The Morgan fingerprint density at radius 1 is 1.17 bits per heavy atom. The number of amides is 2. The van der Waals surface area contributed by atoms with Crippen LogP contribution in [0.25, 0.3) is 0 Å². The maximum atomic E-state index is 11.8. The van der Waals surface area contributed by atoms with E-state index in [1.54, 1.807) is 0 Å². The average Bonchev–Trinajstić information content (AvgIpc) is 2.98. The largest absolute Gasteiger partial charge is 0.480 e. The second-order valence-electron chi connectivity index (χ2n) is 5.76. The molecule has 5 heteroatoms. The molecule has 0 radical (unpaired) electrons. The summed E-state index contributed by atoms with van der Waals surface area (Å²) in [6, 6.07) is -0.334. The van der Waals surface area contributed by atoms with Gasteiger partial charge < -0.3 is 15.7 Å². The van der Waals surface area contributed by atoms with Gasteiger partial charge in [0, 0.05) is 6.54 Å². The summed E-state index contributed by atoms with van der Waals surface area (Å²) in [5.74, 6) is -0.910. The van der Waals surface area contributed by atoms with Crippen molar-refractivity contribution in [3.8, 4) is 0 Å². The number of urea groups is 1. The maximum Gasteiger partial charge on any atom is 0.329 e. The third-order valence-electron chi connectivity index (χ3n) is 4.55. The molecule has 0 aromatic rings. The van der Waals surface area contributed by atoms with Crippen molar-refractivity contribution in [2.75, 3.05) is 6.54 Å². The van der Waals surface area contributed by atoms with Crippen molar-refractivity contribution in [2.45, 2.75) is 57.4 Å². The molecule has 2 fully saturated rings. The molecule has 0 heterocycles. The number of aliphatic carboxylic acids is 1. The van der Waals surface area contributed by atoms with E-state index >= 15 is 0 Å². The molecule has 102 valence electrons. The Morgan fingerprint density at radius 3 is 2.22 bits per heavy atom. The molecule has 3 N–H and O–H groups in total. The molecule has 0 aromatic carbocycles. The fraction of sp³-hybridized carbons (Fsp3) is 0.846. The highest BCUT2D eigenvalue weighted by molar-refractivity contribution is 5.86. The van der Waals surface area contributed by atoms with Crippen molar-refractivity contribution < 1.29 is 14.7 Å². The standard InChI is InChI=1S/C13H22N2O3/c1-2-12(7-8-12)9-14-11(18)15-13(10(16)17)5-3-4-6-13/h2-9H2,1H3,(H,16,17)(H2,14,15,18). The Hall–Kier alpha value is -1.26. The second-order valence-corrected chi connectivity index (χ2v) is 5.76. The predicted octanol–water partition coefficient (Wildman–Crippen LogP) is 1.87. The molecular weight excluding hydrogens is 232 g/mol. The quantitative estimate of drug-likeness (QED) is 0.701. The monoisotopic (exact) mass is 254 g/mol. The molecule has 0 bridgehead atoms. The van der Waals surface area contributed by atoms with Crippen LogP contribution in [-0.4, -0.2) is 29.2 Å². The first kappa shape index (κ1) is 13.2. The first-order valence-corrected chi connectivity index (χ1v) is 6.81. The summed E-state index contributed by atoms with van der Waals surface area (Å²) in [5.41, 5.74) is -0.754. The minimum atomic E-state index is -1.03. The van der Waals surface area contributed by atoms with E-state index < -0.39 is 11.5 Å². The lowest BCUT2D eigenvalue weighted by Gasteiger charge is -2.26. The molecule has 0 unspecified atom stereocenters. The minimum Gasteiger partial charge on any atom is -0.480 e. The first-order valence-electron chi connectivity index (χ1n) is 6.81. The van der Waals surface area contributed by atoms with Crippen LogP contribution in [0.3, 0.4) is 0 Å². The number of carbonyl (C=O) groups is 2. The van der Waals surface area contributed by atoms with Gasteiger partial charge in [0.15, 0.2) is 0 Å². The minimum absolute atomic E-state index is 0.281. The molecule has 2 amide bonds. The van der Waals surface area contributed by atoms with Crippen molar-refractivity contribution in [2.24, 2.45) is 5.41 Å². The van der Waals surface area contributed by atoms with Crippen molar-refractivity contribution >= 4 is 12.0 Å². The molecule has 0 spiro atoms. The van der Waals surface area contributed by atoms with Gasteiger partial charge in [-0.2, -0.15) is 0 Å². The van der Waals surface area contributed by atoms with Crippen LogP contribution >= 0.6 is 0 Å². The van der Waals surface area contributed by atoms with Crippen LogP contribution in [0, 0.1) is 5.41 Å². The lowest BCUT2D eigenvalue weighted by molar-refractivity contribution is -0.144. The zero-order chi connectivity index (χ0) is 13.2. The van der Waals surface area contributed by atoms with E-state index in [4.69, 9.17) is 0 Å². The molecule has 0 aromatic heterocycles. The van der Waals surface area contributed by atoms with E-state index in [9.17, 15) is 14.7 Å². The topological polar surface area (TPSA) is 78.4 Å². The molecule has 2 aliphatic rings. The van der Waals surface area contributed by atoms with Gasteiger partial charge in [0.2, 0.25) is 0 Å². The van der Waals surface area contributed by atoms with E-state index in [2.05, 4.69) is 17.6 Å². The number of nitrogens with one attached hydrogen (secondary N) is 2. The molecule has 5 nitrogen and oxygen atoms in total. The molecular formula is C13H22N2O3. The molecule has 2 aliphatic carbocycles. The van der Waals surface area contributed by atoms with Gasteiger partial charge in [-0.05, 0) is 37.5 Å². The van der Waals surface area contributed by atoms with Crippen LogP contribution in [-0.2, 0) is 4.79 Å². The van der Waals surface area contributed by atoms with Crippen molar-refractivity contribution in [3.63, 3.8) is 0 Å². The first-order chi connectivity index (χ1) is 8.52. The highest BCUT2D eigenvalue weighted by atomic mass is 16.4. The van der Waals surface area contributed by atoms with Gasteiger partial charge in [-0.15, -0.1) is 0 Å². The summed E-state index contributed by atoms with van der Waals surface area (Å²) >= 11 is 0. The Morgan fingerprint density at radius 2 is 1.78 bits per heavy atom. The van der Waals surface area contributed by atoms with Crippen molar-refractivity contribution in [1.29, 1.82) is 0 Å². The fourth-order valence-electron chi connectivity index (χ4n) is 2.73. The lowest BCUT2D eigenvalue weighted by atomic mass is 9.98. The van der Waals surface area contributed by atoms with Gasteiger partial charge in [-0.1, -0.05) is 19.8 Å². The number of carbonyl (C=O) groups excluding carboxylic acids is 1. The number of hydrogen-bond donors (Lipinski definition) is 3. The van der Waals surface area contributed by atoms with Gasteiger partial charge >= 0.3 is 12.0 Å². The van der Waals surface area contributed by atoms with E-state index in [1.807, 2.05) is 0 Å². The zero-order valence-corrected chi connectivity index (χ0v) is 10.9. The average molecular weight is 254 g/mol. The number of rotatable bonds is 5. The van der Waals surface area contributed by atoms with Crippen LogP contribution < -0.4 is 10.6 Å². The van der Waals surface area contributed by atoms with Crippen molar-refractivity contribution in [1.82, 2.24) is 10.6 Å². The summed E-state index contributed by atoms with van der Waals surface area (Å²) in [7, 11) is 0. The van der Waals surface area contributed by atoms with Crippen LogP contribution in [0.5, 0.6) is 0 Å². The van der Waals surface area contributed by atoms with E-state index in [-0.39, 0.29) is 11.4 Å². The normalized spacial score (nSPS) is 23.4. The SMILES string of the molecule is CCC1(CNC(=O)NC2(C(=O)O)CCCC2)CC1. The van der Waals surface area contributed by atoms with Gasteiger partial charge in [0.25, 0.3) is 0 Å². The highest BCUT2D eigenvalue weighted by Gasteiger charge is 2.44. The molecule has 0 aliphatic heterocycles. The predicted molar refractivity (Wildman–Crippen MR) is 67.3 cm³/mol. The van der Waals surface area contributed by atoms with Crippen LogP contribution in [0.15, 0.2) is 0 Å². The molecule has 0 saturated heterocycles.